The first-order chi connectivity index (χ1) is 10.1. The molecule has 1 unspecified atom stereocenters. The molecule has 0 aliphatic carbocycles. The number of hydrogen-bond acceptors (Lipinski definition) is 3. The second kappa shape index (κ2) is 7.38. The number of thiophene rings is 1. The Morgan fingerprint density at radius 1 is 1.24 bits per heavy atom. The molecule has 1 N–H and O–H groups in total. The number of rotatable bonds is 6. The Bertz CT molecular complexity index is 625. The van der Waals surface area contributed by atoms with Crippen LogP contribution >= 0.6 is 22.9 Å². The van der Waals surface area contributed by atoms with Crippen LogP contribution in [-0.2, 0) is 4.79 Å². The SMILES string of the molecule is CC(NC(=O)CCC(=O)c1cccs1)c1cccc(Cl)c1. The molecule has 21 heavy (non-hydrogen) atoms. The molecule has 1 heterocycles. The zero-order valence-corrected chi connectivity index (χ0v) is 13.2. The Kier molecular flexibility index (Phi) is 5.53. The van der Waals surface area contributed by atoms with Gasteiger partial charge < -0.3 is 5.32 Å². The summed E-state index contributed by atoms with van der Waals surface area (Å²) in [5.41, 5.74) is 0.945. The molecule has 0 saturated carbocycles. The van der Waals surface area contributed by atoms with Crippen molar-refractivity contribution in [2.24, 2.45) is 0 Å². The first-order valence-corrected chi connectivity index (χ1v) is 7.93. The molecule has 1 aromatic heterocycles. The van der Waals surface area contributed by atoms with Crippen LogP contribution in [0.15, 0.2) is 41.8 Å². The molecular weight excluding hydrogens is 306 g/mol. The second-order valence-electron chi connectivity index (χ2n) is 4.74. The van der Waals surface area contributed by atoms with Gasteiger partial charge in [-0.1, -0.05) is 29.8 Å². The molecule has 1 atom stereocenters. The average molecular weight is 322 g/mol. The van der Waals surface area contributed by atoms with Crippen molar-refractivity contribution < 1.29 is 9.59 Å². The zero-order chi connectivity index (χ0) is 15.2. The van der Waals surface area contributed by atoms with Crippen molar-refractivity contribution in [2.45, 2.75) is 25.8 Å². The third kappa shape index (κ3) is 4.69. The first kappa shape index (κ1) is 15.7. The highest BCUT2D eigenvalue weighted by Gasteiger charge is 2.13. The number of halogens is 1. The van der Waals surface area contributed by atoms with Crippen LogP contribution in [0.1, 0.15) is 41.0 Å². The summed E-state index contributed by atoms with van der Waals surface area (Å²) in [6.45, 7) is 1.89. The van der Waals surface area contributed by atoms with E-state index in [0.717, 1.165) is 5.56 Å². The lowest BCUT2D eigenvalue weighted by Crippen LogP contribution is -2.26. The Morgan fingerprint density at radius 2 is 2.05 bits per heavy atom. The molecule has 2 rings (SSSR count). The van der Waals surface area contributed by atoms with Crippen LogP contribution in [0.5, 0.6) is 0 Å². The van der Waals surface area contributed by atoms with Gasteiger partial charge in [-0.15, -0.1) is 11.3 Å². The van der Waals surface area contributed by atoms with E-state index in [1.165, 1.54) is 11.3 Å². The summed E-state index contributed by atoms with van der Waals surface area (Å²) >= 11 is 7.33. The smallest absolute Gasteiger partial charge is 0.220 e. The Morgan fingerprint density at radius 3 is 2.71 bits per heavy atom. The standard InChI is InChI=1S/C16H16ClNO2S/c1-11(12-4-2-5-13(17)10-12)18-16(20)8-7-14(19)15-6-3-9-21-15/h2-6,9-11H,7-8H2,1H3,(H,18,20). The molecule has 0 saturated heterocycles. The van der Waals surface area contributed by atoms with Gasteiger partial charge in [-0.2, -0.15) is 0 Å². The molecule has 0 fully saturated rings. The maximum Gasteiger partial charge on any atom is 0.220 e. The number of amides is 1. The molecule has 2 aromatic rings. The van der Waals surface area contributed by atoms with Gasteiger partial charge in [-0.3, -0.25) is 9.59 Å². The zero-order valence-electron chi connectivity index (χ0n) is 11.6. The minimum absolute atomic E-state index is 0.00978. The van der Waals surface area contributed by atoms with Gasteiger partial charge in [0.1, 0.15) is 0 Å². The summed E-state index contributed by atoms with van der Waals surface area (Å²) in [6.07, 6.45) is 0.427. The van der Waals surface area contributed by atoms with E-state index in [-0.39, 0.29) is 30.6 Å². The van der Waals surface area contributed by atoms with Crippen LogP contribution in [0.3, 0.4) is 0 Å². The van der Waals surface area contributed by atoms with E-state index in [2.05, 4.69) is 5.32 Å². The van der Waals surface area contributed by atoms with E-state index in [9.17, 15) is 9.59 Å². The Balaban J connectivity index is 1.83. The maximum absolute atomic E-state index is 11.9. The highest BCUT2D eigenvalue weighted by atomic mass is 35.5. The average Bonchev–Trinajstić information content (AvgIpc) is 2.99. The van der Waals surface area contributed by atoms with E-state index in [1.54, 1.807) is 12.1 Å². The number of benzene rings is 1. The molecule has 1 amide bonds. The topological polar surface area (TPSA) is 46.2 Å². The minimum Gasteiger partial charge on any atom is -0.350 e. The summed E-state index contributed by atoms with van der Waals surface area (Å²) in [5, 5.41) is 5.37. The highest BCUT2D eigenvalue weighted by molar-refractivity contribution is 7.12. The number of hydrogen-bond donors (Lipinski definition) is 1. The largest absolute Gasteiger partial charge is 0.350 e. The van der Waals surface area contributed by atoms with Crippen LogP contribution < -0.4 is 5.32 Å². The first-order valence-electron chi connectivity index (χ1n) is 6.68. The summed E-state index contributed by atoms with van der Waals surface area (Å²) < 4.78 is 0. The number of ketones is 1. The Hall–Kier alpha value is -1.65. The van der Waals surface area contributed by atoms with Gasteiger partial charge in [0.15, 0.2) is 5.78 Å². The molecule has 5 heteroatoms. The van der Waals surface area contributed by atoms with Crippen LogP contribution in [0, 0.1) is 0 Å². The third-order valence-corrected chi connectivity index (χ3v) is 4.25. The van der Waals surface area contributed by atoms with E-state index in [1.807, 2.05) is 36.6 Å². The molecule has 0 aliphatic rings. The van der Waals surface area contributed by atoms with Crippen molar-refractivity contribution in [3.05, 3.63) is 57.2 Å². The number of Topliss-reactive ketones (excluding diaryl/α,β-unsaturated/α-hetero) is 1. The molecule has 110 valence electrons. The van der Waals surface area contributed by atoms with Crippen molar-refractivity contribution in [1.29, 1.82) is 0 Å². The lowest BCUT2D eigenvalue weighted by molar-refractivity contribution is -0.121. The van der Waals surface area contributed by atoms with E-state index >= 15 is 0 Å². The van der Waals surface area contributed by atoms with Crippen molar-refractivity contribution in [3.63, 3.8) is 0 Å². The third-order valence-electron chi connectivity index (χ3n) is 3.10. The highest BCUT2D eigenvalue weighted by Crippen LogP contribution is 2.18. The van der Waals surface area contributed by atoms with Gasteiger partial charge in [0, 0.05) is 17.9 Å². The lowest BCUT2D eigenvalue weighted by atomic mass is 10.1. The fourth-order valence-corrected chi connectivity index (χ4v) is 2.85. The van der Waals surface area contributed by atoms with E-state index < -0.39 is 0 Å². The van der Waals surface area contributed by atoms with Crippen LogP contribution in [0.4, 0.5) is 0 Å². The predicted molar refractivity (Wildman–Crippen MR) is 85.9 cm³/mol. The normalized spacial score (nSPS) is 11.9. The van der Waals surface area contributed by atoms with Crippen molar-refractivity contribution >= 4 is 34.6 Å². The predicted octanol–water partition coefficient (Wildman–Crippen LogP) is 4.24. The molecular formula is C16H16ClNO2S. The van der Waals surface area contributed by atoms with Gasteiger partial charge in [0.25, 0.3) is 0 Å². The number of carbonyl (C=O) groups excluding carboxylic acids is 2. The second-order valence-corrected chi connectivity index (χ2v) is 6.13. The molecule has 1 aromatic carbocycles. The summed E-state index contributed by atoms with van der Waals surface area (Å²) in [5.74, 6) is -0.122. The number of carbonyl (C=O) groups is 2. The van der Waals surface area contributed by atoms with Crippen LogP contribution in [0.25, 0.3) is 0 Å². The minimum atomic E-state index is -0.132. The molecule has 3 nitrogen and oxygen atoms in total. The van der Waals surface area contributed by atoms with Crippen LogP contribution in [-0.4, -0.2) is 11.7 Å². The van der Waals surface area contributed by atoms with Gasteiger partial charge in [-0.05, 0) is 36.1 Å². The summed E-state index contributed by atoms with van der Waals surface area (Å²) in [6, 6.07) is 10.9. The molecule has 0 aliphatic heterocycles. The fourth-order valence-electron chi connectivity index (χ4n) is 1.96. The van der Waals surface area contributed by atoms with E-state index in [0.29, 0.717) is 9.90 Å². The number of nitrogens with one attached hydrogen (secondary N) is 1. The fraction of sp³-hybridized carbons (Fsp3) is 0.250. The monoisotopic (exact) mass is 321 g/mol. The van der Waals surface area contributed by atoms with Crippen molar-refractivity contribution in [3.8, 4) is 0 Å². The van der Waals surface area contributed by atoms with Crippen molar-refractivity contribution in [1.82, 2.24) is 5.32 Å². The van der Waals surface area contributed by atoms with Crippen LogP contribution in [0.2, 0.25) is 5.02 Å². The van der Waals surface area contributed by atoms with Crippen molar-refractivity contribution in [2.75, 3.05) is 0 Å². The quantitative estimate of drug-likeness (QED) is 0.809. The van der Waals surface area contributed by atoms with Gasteiger partial charge in [0.05, 0.1) is 10.9 Å². The van der Waals surface area contributed by atoms with Gasteiger partial charge in [-0.25, -0.2) is 0 Å². The van der Waals surface area contributed by atoms with Gasteiger partial charge >= 0.3 is 0 Å². The Labute approximate surface area is 132 Å². The molecule has 0 bridgehead atoms. The summed E-state index contributed by atoms with van der Waals surface area (Å²) in [4.78, 5) is 24.4. The lowest BCUT2D eigenvalue weighted by Gasteiger charge is -2.14. The maximum atomic E-state index is 11.9. The summed E-state index contributed by atoms with van der Waals surface area (Å²) in [7, 11) is 0. The van der Waals surface area contributed by atoms with E-state index in [4.69, 9.17) is 11.6 Å². The molecule has 0 spiro atoms. The molecule has 0 radical (unpaired) electrons. The van der Waals surface area contributed by atoms with Gasteiger partial charge in [0.2, 0.25) is 5.91 Å².